The quantitative estimate of drug-likeness (QED) is 0.544. The average Bonchev–Trinajstić information content (AvgIpc) is 1.94. The second-order valence-corrected chi connectivity index (χ2v) is 3.74. The summed E-state index contributed by atoms with van der Waals surface area (Å²) in [4.78, 5) is 10.7. The molecule has 0 heterocycles. The summed E-state index contributed by atoms with van der Waals surface area (Å²) in [5.41, 5.74) is 0.471. The molecule has 0 aromatic heterocycles. The molecule has 0 atom stereocenters. The van der Waals surface area contributed by atoms with E-state index in [-0.39, 0.29) is 0 Å². The van der Waals surface area contributed by atoms with E-state index in [1.807, 2.05) is 6.07 Å². The summed E-state index contributed by atoms with van der Waals surface area (Å²) in [5, 5.41) is 0.370. The average molecular weight is 247 g/mol. The lowest BCUT2D eigenvalue weighted by atomic mass is 10.2. The molecule has 0 spiro atoms. The lowest BCUT2D eigenvalue weighted by Crippen LogP contribution is -2.04. The van der Waals surface area contributed by atoms with Gasteiger partial charge in [0.05, 0.1) is 10.2 Å². The van der Waals surface area contributed by atoms with Crippen LogP contribution >= 0.6 is 27.5 Å². The van der Waals surface area contributed by atoms with Crippen LogP contribution in [0.3, 0.4) is 0 Å². The van der Waals surface area contributed by atoms with E-state index in [0.29, 0.717) is 10.0 Å². The van der Waals surface area contributed by atoms with Gasteiger partial charge in [0.2, 0.25) is 0 Å². The topological polar surface area (TPSA) is 17.1 Å². The van der Waals surface area contributed by atoms with Crippen molar-refractivity contribution in [3.63, 3.8) is 0 Å². The molecule has 1 aromatic rings. The van der Waals surface area contributed by atoms with Gasteiger partial charge in [0.15, 0.2) is 0 Å². The highest BCUT2D eigenvalue weighted by Crippen LogP contribution is 2.16. The van der Waals surface area contributed by atoms with Crippen molar-refractivity contribution >= 4 is 48.2 Å². The Morgan fingerprint density at radius 3 is 2.64 bits per heavy atom. The predicted octanol–water partition coefficient (Wildman–Crippen LogP) is 1.62. The Morgan fingerprint density at radius 2 is 2.18 bits per heavy atom. The van der Waals surface area contributed by atoms with E-state index in [1.54, 1.807) is 12.1 Å². The number of carbonyl (C=O) groups excluding carboxylic acids is 1. The zero-order chi connectivity index (χ0) is 8.43. The Morgan fingerprint density at radius 1 is 1.55 bits per heavy atom. The normalized spacial score (nSPS) is 9.73. The van der Waals surface area contributed by atoms with Crippen molar-refractivity contribution in [3.8, 4) is 0 Å². The molecule has 0 unspecified atom stereocenters. The van der Waals surface area contributed by atoms with Crippen LogP contribution in [0.15, 0.2) is 22.7 Å². The van der Waals surface area contributed by atoms with Gasteiger partial charge in [-0.15, -0.1) is 0 Å². The van der Waals surface area contributed by atoms with Crippen LogP contribution in [0, 0.1) is 0 Å². The summed E-state index contributed by atoms with van der Waals surface area (Å²) in [6, 6.07) is 5.25. The molecular formula is C7H3BrClOSi. The van der Waals surface area contributed by atoms with E-state index < -0.39 is 5.24 Å². The fourth-order valence-electron chi connectivity index (χ4n) is 0.676. The summed E-state index contributed by atoms with van der Waals surface area (Å²) in [6.45, 7) is 0. The van der Waals surface area contributed by atoms with Crippen molar-refractivity contribution in [2.75, 3.05) is 0 Å². The van der Waals surface area contributed by atoms with E-state index in [4.69, 9.17) is 11.6 Å². The molecule has 0 N–H and O–H groups in total. The molecule has 3 radical (unpaired) electrons. The van der Waals surface area contributed by atoms with Gasteiger partial charge in [-0.1, -0.05) is 33.2 Å². The van der Waals surface area contributed by atoms with Crippen molar-refractivity contribution in [1.82, 2.24) is 0 Å². The summed E-state index contributed by atoms with van der Waals surface area (Å²) in [6.07, 6.45) is 0. The van der Waals surface area contributed by atoms with Crippen LogP contribution in [0.5, 0.6) is 0 Å². The summed E-state index contributed by atoms with van der Waals surface area (Å²) < 4.78 is 0.708. The summed E-state index contributed by atoms with van der Waals surface area (Å²) >= 11 is 8.49. The third-order valence-corrected chi connectivity index (χ3v) is 2.38. The number of rotatable bonds is 1. The van der Waals surface area contributed by atoms with Crippen LogP contribution < -0.4 is 5.19 Å². The highest BCUT2D eigenvalue weighted by atomic mass is 79.9. The minimum absolute atomic E-state index is 0.461. The second-order valence-electron chi connectivity index (χ2n) is 1.97. The Kier molecular flexibility index (Phi) is 2.87. The first-order valence-electron chi connectivity index (χ1n) is 2.82. The summed E-state index contributed by atoms with van der Waals surface area (Å²) in [5.74, 6) is 0. The molecule has 0 saturated heterocycles. The van der Waals surface area contributed by atoms with E-state index in [1.165, 1.54) is 0 Å². The molecule has 11 heavy (non-hydrogen) atoms. The van der Waals surface area contributed by atoms with Crippen LogP contribution in [0.25, 0.3) is 0 Å². The Balaban J connectivity index is 3.23. The second kappa shape index (κ2) is 3.52. The molecular weight excluding hydrogens is 244 g/mol. The first kappa shape index (κ1) is 8.97. The maximum absolute atomic E-state index is 10.7. The number of carbonyl (C=O) groups is 1. The maximum Gasteiger partial charge on any atom is 0.253 e. The molecule has 0 aliphatic rings. The SMILES string of the molecule is O=C(Cl)c1cc([Si])ccc1Br. The standard InChI is InChI=1S/C7H3BrClOSi/c8-6-2-1-4(11)3-5(6)7(9)10/h1-3H. The van der Waals surface area contributed by atoms with Gasteiger partial charge in [0.25, 0.3) is 5.24 Å². The molecule has 1 rings (SSSR count). The van der Waals surface area contributed by atoms with Gasteiger partial charge in [-0.2, -0.15) is 0 Å². The summed E-state index contributed by atoms with van der Waals surface area (Å²) in [7, 11) is 3.28. The lowest BCUT2D eigenvalue weighted by molar-refractivity contribution is 0.108. The Bertz CT molecular complexity index is 300. The zero-order valence-electron chi connectivity index (χ0n) is 5.40. The monoisotopic (exact) mass is 245 g/mol. The van der Waals surface area contributed by atoms with Crippen molar-refractivity contribution in [2.24, 2.45) is 0 Å². The molecule has 0 aliphatic carbocycles. The van der Waals surface area contributed by atoms with Crippen molar-refractivity contribution < 1.29 is 4.79 Å². The molecule has 0 bridgehead atoms. The molecule has 1 aromatic carbocycles. The van der Waals surface area contributed by atoms with E-state index in [2.05, 4.69) is 26.2 Å². The van der Waals surface area contributed by atoms with Crippen molar-refractivity contribution in [1.29, 1.82) is 0 Å². The highest BCUT2D eigenvalue weighted by molar-refractivity contribution is 9.10. The highest BCUT2D eigenvalue weighted by Gasteiger charge is 2.05. The van der Waals surface area contributed by atoms with E-state index >= 15 is 0 Å². The Labute approximate surface area is 81.3 Å². The smallest absolute Gasteiger partial charge is 0.253 e. The third-order valence-electron chi connectivity index (χ3n) is 1.18. The molecule has 4 heteroatoms. The molecule has 1 nitrogen and oxygen atoms in total. The van der Waals surface area contributed by atoms with Gasteiger partial charge >= 0.3 is 0 Å². The lowest BCUT2D eigenvalue weighted by Gasteiger charge is -1.98. The number of hydrogen-bond donors (Lipinski definition) is 0. The van der Waals surface area contributed by atoms with Crippen molar-refractivity contribution in [3.05, 3.63) is 28.2 Å². The zero-order valence-corrected chi connectivity index (χ0v) is 8.74. The molecule has 55 valence electrons. The van der Waals surface area contributed by atoms with Gasteiger partial charge in [-0.25, -0.2) is 0 Å². The molecule has 0 aliphatic heterocycles. The van der Waals surface area contributed by atoms with Crippen LogP contribution in [0.1, 0.15) is 10.4 Å². The van der Waals surface area contributed by atoms with Crippen LogP contribution in [0.2, 0.25) is 0 Å². The third kappa shape index (κ3) is 2.15. The van der Waals surface area contributed by atoms with Crippen molar-refractivity contribution in [2.45, 2.75) is 0 Å². The van der Waals surface area contributed by atoms with Gasteiger partial charge in [0, 0.05) is 10.0 Å². The molecule has 0 amide bonds. The first-order chi connectivity index (χ1) is 5.11. The van der Waals surface area contributed by atoms with Gasteiger partial charge < -0.3 is 0 Å². The van der Waals surface area contributed by atoms with E-state index in [9.17, 15) is 4.79 Å². The number of hydrogen-bond acceptors (Lipinski definition) is 1. The minimum atomic E-state index is -0.461. The van der Waals surface area contributed by atoms with Crippen LogP contribution in [-0.2, 0) is 0 Å². The first-order valence-corrected chi connectivity index (χ1v) is 4.49. The molecule has 0 fully saturated rings. The largest absolute Gasteiger partial charge is 0.276 e. The van der Waals surface area contributed by atoms with E-state index in [0.717, 1.165) is 5.19 Å². The Hall–Kier alpha value is -0.123. The van der Waals surface area contributed by atoms with Gasteiger partial charge in [-0.05, 0) is 17.7 Å². The van der Waals surface area contributed by atoms with Crippen LogP contribution in [0.4, 0.5) is 0 Å². The fraction of sp³-hybridized carbons (Fsp3) is 0. The predicted molar refractivity (Wildman–Crippen MR) is 49.7 cm³/mol. The van der Waals surface area contributed by atoms with Crippen LogP contribution in [-0.4, -0.2) is 15.5 Å². The van der Waals surface area contributed by atoms with Gasteiger partial charge in [0.1, 0.15) is 0 Å². The fourth-order valence-corrected chi connectivity index (χ4v) is 1.60. The number of halogens is 2. The molecule has 0 saturated carbocycles. The van der Waals surface area contributed by atoms with Gasteiger partial charge in [-0.3, -0.25) is 4.79 Å². The minimum Gasteiger partial charge on any atom is -0.276 e. The number of benzene rings is 1. The maximum atomic E-state index is 10.7.